The van der Waals surface area contributed by atoms with E-state index in [0.29, 0.717) is 11.3 Å². The maximum Gasteiger partial charge on any atom is 0.251 e. The molecular weight excluding hydrogens is 368 g/mol. The number of aryl methyl sites for hydroxylation is 2. The summed E-state index contributed by atoms with van der Waals surface area (Å²) in [5.74, 6) is 0.707. The molecule has 0 bridgehead atoms. The molecule has 2 aromatic carbocycles. The molecule has 156 valence electrons. The summed E-state index contributed by atoms with van der Waals surface area (Å²) in [4.78, 5) is 17.3. The van der Waals surface area contributed by atoms with Gasteiger partial charge in [0.25, 0.3) is 5.91 Å². The highest BCUT2D eigenvalue weighted by Gasteiger charge is 2.32. The lowest BCUT2D eigenvalue weighted by Crippen LogP contribution is -2.43. The number of carbonyl (C=O) groups is 1. The lowest BCUT2D eigenvalue weighted by atomic mass is 9.70. The fourth-order valence-corrected chi connectivity index (χ4v) is 5.25. The van der Waals surface area contributed by atoms with Gasteiger partial charge in [-0.2, -0.15) is 0 Å². The van der Waals surface area contributed by atoms with Gasteiger partial charge in [-0.3, -0.25) is 9.78 Å². The van der Waals surface area contributed by atoms with Crippen molar-refractivity contribution in [2.45, 2.75) is 58.9 Å². The Bertz CT molecular complexity index is 1030. The Balaban J connectivity index is 1.43. The van der Waals surface area contributed by atoms with E-state index in [4.69, 9.17) is 0 Å². The Labute approximate surface area is 179 Å². The molecule has 30 heavy (non-hydrogen) atoms. The summed E-state index contributed by atoms with van der Waals surface area (Å²) in [6, 6.07) is 16.7. The molecule has 1 aliphatic rings. The van der Waals surface area contributed by atoms with Gasteiger partial charge in [0, 0.05) is 29.4 Å². The van der Waals surface area contributed by atoms with Gasteiger partial charge in [0.15, 0.2) is 0 Å². The summed E-state index contributed by atoms with van der Waals surface area (Å²) >= 11 is 0. The van der Waals surface area contributed by atoms with E-state index in [9.17, 15) is 4.79 Å². The van der Waals surface area contributed by atoms with Crippen LogP contribution in [0, 0.1) is 11.3 Å². The van der Waals surface area contributed by atoms with Gasteiger partial charge in [-0.05, 0) is 72.1 Å². The van der Waals surface area contributed by atoms with Crippen LogP contribution in [0.1, 0.15) is 61.5 Å². The monoisotopic (exact) mass is 400 g/mol. The average molecular weight is 401 g/mol. The maximum atomic E-state index is 12.9. The number of hydrogen-bond donors (Lipinski definition) is 1. The highest BCUT2D eigenvalue weighted by Crippen LogP contribution is 2.38. The topological polar surface area (TPSA) is 42.0 Å². The minimum Gasteiger partial charge on any atom is -0.349 e. The standard InChI is InChI=1S/C27H32N2O/c1-19-13-24(16-27(2,3)15-19)29-26(30)21-9-6-7-20(14-21)11-12-23-18-28-17-22-8-4-5-10-25(22)23/h4-10,14,17-19,24H,11-13,15-16H2,1-3H3,(H,29,30). The molecule has 0 saturated heterocycles. The predicted octanol–water partition coefficient (Wildman–Crippen LogP) is 5.96. The summed E-state index contributed by atoms with van der Waals surface area (Å²) in [6.45, 7) is 6.91. The molecule has 0 aliphatic heterocycles. The Kier molecular flexibility index (Phi) is 5.90. The molecule has 1 amide bonds. The second kappa shape index (κ2) is 8.59. The second-order valence-electron chi connectivity index (χ2n) is 9.80. The minimum absolute atomic E-state index is 0.0542. The number of amides is 1. The van der Waals surface area contributed by atoms with Crippen molar-refractivity contribution in [2.24, 2.45) is 11.3 Å². The van der Waals surface area contributed by atoms with Crippen molar-refractivity contribution >= 4 is 16.7 Å². The number of nitrogens with one attached hydrogen (secondary N) is 1. The fourth-order valence-electron chi connectivity index (χ4n) is 5.25. The van der Waals surface area contributed by atoms with E-state index in [1.807, 2.05) is 36.7 Å². The zero-order valence-corrected chi connectivity index (χ0v) is 18.3. The second-order valence-corrected chi connectivity index (χ2v) is 9.80. The maximum absolute atomic E-state index is 12.9. The van der Waals surface area contributed by atoms with Crippen molar-refractivity contribution in [3.63, 3.8) is 0 Å². The van der Waals surface area contributed by atoms with Crippen LogP contribution in [0.4, 0.5) is 0 Å². The number of nitrogens with zero attached hydrogens (tertiary/aromatic N) is 1. The Morgan fingerprint density at radius 2 is 1.90 bits per heavy atom. The van der Waals surface area contributed by atoms with Gasteiger partial charge in [-0.1, -0.05) is 57.2 Å². The highest BCUT2D eigenvalue weighted by molar-refractivity contribution is 5.94. The van der Waals surface area contributed by atoms with E-state index in [-0.39, 0.29) is 11.9 Å². The zero-order chi connectivity index (χ0) is 21.1. The molecule has 3 nitrogen and oxygen atoms in total. The third kappa shape index (κ3) is 4.89. The Morgan fingerprint density at radius 1 is 1.07 bits per heavy atom. The van der Waals surface area contributed by atoms with Crippen molar-refractivity contribution in [3.05, 3.63) is 77.6 Å². The lowest BCUT2D eigenvalue weighted by Gasteiger charge is -2.39. The molecule has 3 heteroatoms. The highest BCUT2D eigenvalue weighted by atomic mass is 16.1. The molecule has 4 rings (SSSR count). The molecule has 1 aromatic heterocycles. The molecule has 0 spiro atoms. The number of fused-ring (bicyclic) bond motifs is 1. The molecule has 1 saturated carbocycles. The van der Waals surface area contributed by atoms with E-state index < -0.39 is 0 Å². The van der Waals surface area contributed by atoms with Crippen LogP contribution in [0.25, 0.3) is 10.8 Å². The zero-order valence-electron chi connectivity index (χ0n) is 18.3. The van der Waals surface area contributed by atoms with E-state index >= 15 is 0 Å². The first-order chi connectivity index (χ1) is 14.4. The number of hydrogen-bond acceptors (Lipinski definition) is 2. The average Bonchev–Trinajstić information content (AvgIpc) is 2.71. The van der Waals surface area contributed by atoms with Crippen LogP contribution >= 0.6 is 0 Å². The summed E-state index contributed by atoms with van der Waals surface area (Å²) in [5, 5.41) is 5.73. The quantitative estimate of drug-likeness (QED) is 0.574. The Hall–Kier alpha value is -2.68. The summed E-state index contributed by atoms with van der Waals surface area (Å²) < 4.78 is 0. The molecule has 0 radical (unpaired) electrons. The van der Waals surface area contributed by atoms with Crippen LogP contribution in [0.15, 0.2) is 60.9 Å². The number of pyridine rings is 1. The third-order valence-electron chi connectivity index (χ3n) is 6.35. The van der Waals surface area contributed by atoms with Crippen LogP contribution in [-0.2, 0) is 12.8 Å². The van der Waals surface area contributed by atoms with Crippen LogP contribution in [0.3, 0.4) is 0 Å². The van der Waals surface area contributed by atoms with Crippen LogP contribution < -0.4 is 5.32 Å². The van der Waals surface area contributed by atoms with E-state index in [1.54, 1.807) is 0 Å². The van der Waals surface area contributed by atoms with E-state index in [0.717, 1.165) is 31.2 Å². The number of rotatable bonds is 5. The van der Waals surface area contributed by atoms with Crippen LogP contribution in [0.5, 0.6) is 0 Å². The third-order valence-corrected chi connectivity index (χ3v) is 6.35. The van der Waals surface area contributed by atoms with Gasteiger partial charge in [0.2, 0.25) is 0 Å². The molecular formula is C27H32N2O. The smallest absolute Gasteiger partial charge is 0.251 e. The first kappa shape index (κ1) is 20.6. The number of aromatic nitrogens is 1. The number of carbonyl (C=O) groups excluding carboxylic acids is 1. The van der Waals surface area contributed by atoms with Crippen LogP contribution in [0.2, 0.25) is 0 Å². The van der Waals surface area contributed by atoms with Gasteiger partial charge in [0.05, 0.1) is 0 Å². The first-order valence-corrected chi connectivity index (χ1v) is 11.1. The molecule has 3 aromatic rings. The molecule has 1 fully saturated rings. The van der Waals surface area contributed by atoms with Gasteiger partial charge < -0.3 is 5.32 Å². The Morgan fingerprint density at radius 3 is 2.73 bits per heavy atom. The number of benzene rings is 2. The van der Waals surface area contributed by atoms with Crippen molar-refractivity contribution in [2.75, 3.05) is 0 Å². The van der Waals surface area contributed by atoms with Crippen molar-refractivity contribution < 1.29 is 4.79 Å². The van der Waals surface area contributed by atoms with E-state index in [2.05, 4.69) is 55.3 Å². The minimum atomic E-state index is 0.0542. The molecule has 1 aliphatic carbocycles. The van der Waals surface area contributed by atoms with Gasteiger partial charge >= 0.3 is 0 Å². The van der Waals surface area contributed by atoms with Crippen LogP contribution in [-0.4, -0.2) is 16.9 Å². The summed E-state index contributed by atoms with van der Waals surface area (Å²) in [7, 11) is 0. The van der Waals surface area contributed by atoms with Gasteiger partial charge in [-0.25, -0.2) is 0 Å². The molecule has 1 heterocycles. The fraction of sp³-hybridized carbons (Fsp3) is 0.407. The SMILES string of the molecule is CC1CC(NC(=O)c2cccc(CCc3cncc4ccccc34)c2)CC(C)(C)C1. The largest absolute Gasteiger partial charge is 0.349 e. The van der Waals surface area contributed by atoms with Gasteiger partial charge in [0.1, 0.15) is 0 Å². The van der Waals surface area contributed by atoms with Crippen molar-refractivity contribution in [1.29, 1.82) is 0 Å². The molecule has 2 atom stereocenters. The van der Waals surface area contributed by atoms with Crippen molar-refractivity contribution in [1.82, 2.24) is 10.3 Å². The summed E-state index contributed by atoms with van der Waals surface area (Å²) in [6.07, 6.45) is 9.04. The predicted molar refractivity (Wildman–Crippen MR) is 124 cm³/mol. The first-order valence-electron chi connectivity index (χ1n) is 11.1. The van der Waals surface area contributed by atoms with E-state index in [1.165, 1.54) is 28.3 Å². The normalized spacial score (nSPS) is 20.8. The van der Waals surface area contributed by atoms with Crippen molar-refractivity contribution in [3.8, 4) is 0 Å². The molecule has 2 unspecified atom stereocenters. The molecule has 1 N–H and O–H groups in total. The van der Waals surface area contributed by atoms with Gasteiger partial charge in [-0.15, -0.1) is 0 Å². The lowest BCUT2D eigenvalue weighted by molar-refractivity contribution is 0.0874. The summed E-state index contributed by atoms with van der Waals surface area (Å²) in [5.41, 5.74) is 3.50.